The monoisotopic (exact) mass is 445 g/mol. The van der Waals surface area contributed by atoms with Gasteiger partial charge < -0.3 is 9.84 Å². The van der Waals surface area contributed by atoms with Crippen molar-refractivity contribution in [3.8, 4) is 34.0 Å². The van der Waals surface area contributed by atoms with Crippen LogP contribution < -0.4 is 10.1 Å². The number of hydrogen-bond donors (Lipinski definition) is 2. The molecule has 4 heterocycles. The summed E-state index contributed by atoms with van der Waals surface area (Å²) < 4.78 is 20.3. The topological polar surface area (TPSA) is 93.0 Å². The lowest BCUT2D eigenvalue weighted by molar-refractivity contribution is 0.178. The third kappa shape index (κ3) is 3.87. The minimum Gasteiger partial charge on any atom is -0.507 e. The Hall–Kier alpha value is -3.65. The number of phenolic OH excluding ortho intramolecular Hbond substituents is 1. The highest BCUT2D eigenvalue weighted by Crippen LogP contribution is 2.42. The molecule has 1 saturated heterocycles. The summed E-state index contributed by atoms with van der Waals surface area (Å²) in [6, 6.07) is 8.90. The molecule has 7 nitrogen and oxygen atoms in total. The van der Waals surface area contributed by atoms with E-state index in [0.29, 0.717) is 35.0 Å². The molecule has 2 N–H and O–H groups in total. The molecule has 33 heavy (non-hydrogen) atoms. The molecule has 2 aliphatic rings. The number of aromatic hydroxyl groups is 1. The van der Waals surface area contributed by atoms with E-state index in [2.05, 4.69) is 25.5 Å². The predicted molar refractivity (Wildman–Crippen MR) is 123 cm³/mol. The molecule has 0 spiro atoms. The largest absolute Gasteiger partial charge is 0.507 e. The van der Waals surface area contributed by atoms with Crippen molar-refractivity contribution in [2.24, 2.45) is 0 Å². The van der Waals surface area contributed by atoms with Crippen LogP contribution in [0.25, 0.3) is 28.5 Å². The highest BCUT2D eigenvalue weighted by atomic mass is 19.1. The van der Waals surface area contributed by atoms with Crippen LogP contribution in [0.3, 0.4) is 0 Å². The van der Waals surface area contributed by atoms with Crippen molar-refractivity contribution in [2.45, 2.75) is 37.5 Å². The van der Waals surface area contributed by atoms with Crippen LogP contribution >= 0.6 is 0 Å². The summed E-state index contributed by atoms with van der Waals surface area (Å²) in [6.07, 6.45) is 8.14. The normalized spacial score (nSPS) is 27.2. The van der Waals surface area contributed by atoms with E-state index in [1.165, 1.54) is 6.20 Å². The van der Waals surface area contributed by atoms with Crippen LogP contribution in [0.1, 0.15) is 26.1 Å². The maximum absolute atomic E-state index is 15.1. The van der Waals surface area contributed by atoms with Crippen LogP contribution in [-0.2, 0) is 0 Å². The highest BCUT2D eigenvalue weighted by molar-refractivity contribution is 5.74. The molecule has 0 saturated carbocycles. The molecule has 2 aliphatic heterocycles. The predicted octanol–water partition coefficient (Wildman–Crippen LogP) is 4.12. The van der Waals surface area contributed by atoms with E-state index in [1.54, 1.807) is 37.6 Å². The van der Waals surface area contributed by atoms with E-state index in [-0.39, 0.29) is 11.3 Å². The van der Waals surface area contributed by atoms with Gasteiger partial charge in [-0.15, -0.1) is 10.2 Å². The van der Waals surface area contributed by atoms with Crippen molar-refractivity contribution in [3.63, 3.8) is 0 Å². The Bertz CT molecular complexity index is 1280. The summed E-state index contributed by atoms with van der Waals surface area (Å²) in [4.78, 5) is 8.45. The number of aromatic nitrogens is 4. The Kier molecular flexibility index (Phi) is 4.97. The van der Waals surface area contributed by atoms with E-state index < -0.39 is 11.7 Å². The number of nitrogens with zero attached hydrogens (tertiary/aromatic N) is 4. The Morgan fingerprint density at radius 1 is 1.12 bits per heavy atom. The molecule has 5 rings (SSSR count). The fraction of sp³-hybridized carbons (Fsp3) is 0.280. The van der Waals surface area contributed by atoms with Crippen molar-refractivity contribution < 1.29 is 14.2 Å². The molecule has 0 aliphatic carbocycles. The van der Waals surface area contributed by atoms with Gasteiger partial charge in [-0.2, -0.15) is 0 Å². The zero-order valence-corrected chi connectivity index (χ0v) is 18.6. The van der Waals surface area contributed by atoms with Gasteiger partial charge in [-0.1, -0.05) is 18.2 Å². The zero-order valence-electron chi connectivity index (χ0n) is 18.6. The summed E-state index contributed by atoms with van der Waals surface area (Å²) >= 11 is 0. The fourth-order valence-corrected chi connectivity index (χ4v) is 4.60. The van der Waals surface area contributed by atoms with E-state index in [4.69, 9.17) is 4.74 Å². The lowest BCUT2D eigenvalue weighted by Gasteiger charge is -2.41. The number of methoxy groups -OCH3 is 1. The summed E-state index contributed by atoms with van der Waals surface area (Å²) in [5, 5.41) is 22.3. The van der Waals surface area contributed by atoms with Gasteiger partial charge in [0.2, 0.25) is 5.88 Å². The van der Waals surface area contributed by atoms with E-state index in [9.17, 15) is 5.11 Å². The van der Waals surface area contributed by atoms with Crippen LogP contribution in [0.15, 0.2) is 60.5 Å². The second kappa shape index (κ2) is 7.74. The molecule has 1 aromatic carbocycles. The first-order valence-corrected chi connectivity index (χ1v) is 10.7. The number of rotatable bonds is 4. The lowest BCUT2D eigenvalue weighted by atomic mass is 9.82. The fourth-order valence-electron chi connectivity index (χ4n) is 4.60. The van der Waals surface area contributed by atoms with Crippen LogP contribution in [0.2, 0.25) is 0 Å². The molecule has 2 aromatic heterocycles. The molecule has 3 aromatic rings. The number of alkyl halides is 1. The molecular formula is C25H24FN5O2. The maximum Gasteiger partial charge on any atom is 0.213 e. The van der Waals surface area contributed by atoms with E-state index in [1.807, 2.05) is 38.1 Å². The number of phenols is 1. The van der Waals surface area contributed by atoms with Crippen molar-refractivity contribution >= 4 is 6.08 Å². The first-order chi connectivity index (χ1) is 15.8. The Labute approximate surface area is 191 Å². The standard InChI is InChI=1S/C25H24FN5O2/c1-24-7-8-25(2,31-24)23(26)17(13-24)11-21-28-14-19(29-30-21)18-5-4-15(10-20(18)32)16-6-9-27-22(12-16)33-3/h4-12,14,23,31-32H,13H2,1-3H3/b17-11+/t23-,24-,25+/m1/s1. The number of benzene rings is 1. The van der Waals surface area contributed by atoms with Crippen molar-refractivity contribution in [1.82, 2.24) is 25.5 Å². The first kappa shape index (κ1) is 21.2. The number of fused-ring (bicyclic) bond motifs is 2. The second-order valence-corrected chi connectivity index (χ2v) is 8.94. The van der Waals surface area contributed by atoms with Gasteiger partial charge in [-0.25, -0.2) is 14.4 Å². The van der Waals surface area contributed by atoms with Crippen molar-refractivity contribution in [2.75, 3.05) is 7.11 Å². The van der Waals surface area contributed by atoms with Crippen LogP contribution in [-0.4, -0.2) is 49.6 Å². The SMILES string of the molecule is COc1cc(-c2ccc(-c3cnc(/C=C4\C[C@@]5(C)C=C[C@](C)(N5)[C@@H]4F)nn3)c(O)c2)ccn1. The van der Waals surface area contributed by atoms with Crippen LogP contribution in [0.5, 0.6) is 11.6 Å². The average molecular weight is 445 g/mol. The Morgan fingerprint density at radius 2 is 1.94 bits per heavy atom. The number of hydrogen-bond acceptors (Lipinski definition) is 7. The molecular weight excluding hydrogens is 421 g/mol. The van der Waals surface area contributed by atoms with E-state index in [0.717, 1.165) is 11.1 Å². The van der Waals surface area contributed by atoms with Gasteiger partial charge in [0.15, 0.2) is 5.82 Å². The third-order valence-electron chi connectivity index (χ3n) is 6.22. The number of piperidine rings is 1. The number of pyridine rings is 1. The van der Waals surface area contributed by atoms with Gasteiger partial charge >= 0.3 is 0 Å². The molecule has 2 bridgehead atoms. The Morgan fingerprint density at radius 3 is 2.67 bits per heavy atom. The Balaban J connectivity index is 1.39. The van der Waals surface area contributed by atoms with Gasteiger partial charge in [0.05, 0.1) is 18.8 Å². The molecule has 168 valence electrons. The van der Waals surface area contributed by atoms with Gasteiger partial charge in [0.1, 0.15) is 17.6 Å². The van der Waals surface area contributed by atoms with Crippen molar-refractivity contribution in [1.29, 1.82) is 0 Å². The van der Waals surface area contributed by atoms with Crippen LogP contribution in [0.4, 0.5) is 4.39 Å². The smallest absolute Gasteiger partial charge is 0.213 e. The van der Waals surface area contributed by atoms with Gasteiger partial charge in [0, 0.05) is 23.4 Å². The minimum absolute atomic E-state index is 0.0520. The summed E-state index contributed by atoms with van der Waals surface area (Å²) in [7, 11) is 1.55. The van der Waals surface area contributed by atoms with Gasteiger partial charge in [-0.3, -0.25) is 5.32 Å². The molecule has 0 unspecified atom stereocenters. The first-order valence-electron chi connectivity index (χ1n) is 10.7. The molecule has 0 radical (unpaired) electrons. The third-order valence-corrected chi connectivity index (χ3v) is 6.22. The zero-order chi connectivity index (χ0) is 23.2. The number of nitrogens with one attached hydrogen (secondary N) is 1. The summed E-state index contributed by atoms with van der Waals surface area (Å²) in [6.45, 7) is 3.90. The maximum atomic E-state index is 15.1. The van der Waals surface area contributed by atoms with Crippen LogP contribution in [0, 0.1) is 0 Å². The molecule has 3 atom stereocenters. The second-order valence-electron chi connectivity index (χ2n) is 8.94. The quantitative estimate of drug-likeness (QED) is 0.584. The number of halogens is 1. The van der Waals surface area contributed by atoms with Gasteiger partial charge in [-0.05, 0) is 61.2 Å². The van der Waals surface area contributed by atoms with Crippen molar-refractivity contribution in [3.05, 3.63) is 66.3 Å². The summed E-state index contributed by atoms with van der Waals surface area (Å²) in [5.41, 5.74) is 2.25. The van der Waals surface area contributed by atoms with Gasteiger partial charge in [0.25, 0.3) is 0 Å². The molecule has 0 amide bonds. The highest BCUT2D eigenvalue weighted by Gasteiger charge is 2.49. The average Bonchev–Trinajstić information content (AvgIpc) is 3.09. The molecule has 8 heteroatoms. The lowest BCUT2D eigenvalue weighted by Crippen LogP contribution is -2.58. The van der Waals surface area contributed by atoms with E-state index >= 15 is 4.39 Å². The molecule has 1 fully saturated rings. The summed E-state index contributed by atoms with van der Waals surface area (Å²) in [5.74, 6) is 0.882. The minimum atomic E-state index is -1.17. The number of ether oxygens (including phenoxy) is 1.